The van der Waals surface area contributed by atoms with Crippen LogP contribution >= 0.6 is 24.0 Å². The molecule has 0 fully saturated rings. The van der Waals surface area contributed by atoms with E-state index in [1.165, 1.54) is 0 Å². The van der Waals surface area contributed by atoms with Crippen molar-refractivity contribution in [3.8, 4) is 11.4 Å². The molecule has 2 aromatic rings. The number of hydrogen-bond acceptors (Lipinski definition) is 5. The summed E-state index contributed by atoms with van der Waals surface area (Å²) in [5.74, 6) is 0.865. The Labute approximate surface area is 97.1 Å². The first-order valence-corrected chi connectivity index (χ1v) is 4.32. The number of nitrogens with two attached hydrogens (primary N) is 1. The van der Waals surface area contributed by atoms with Crippen LogP contribution in [-0.2, 0) is 6.54 Å². The maximum Gasteiger partial charge on any atom is 0.240 e. The SMILES string of the molecule is Cl.NCc1nc(-c2ccc(Cl)nc2)no1. The summed E-state index contributed by atoms with van der Waals surface area (Å²) in [5.41, 5.74) is 6.08. The Bertz CT molecular complexity index is 428. The summed E-state index contributed by atoms with van der Waals surface area (Å²) in [5, 5.41) is 4.16. The molecule has 0 saturated carbocycles. The maximum atomic E-state index is 5.64. The Morgan fingerprint density at radius 2 is 2.20 bits per heavy atom. The van der Waals surface area contributed by atoms with Crippen LogP contribution in [-0.4, -0.2) is 15.1 Å². The molecule has 7 heteroatoms. The monoisotopic (exact) mass is 246 g/mol. The third-order valence-corrected chi connectivity index (χ3v) is 1.85. The summed E-state index contributed by atoms with van der Waals surface area (Å²) in [6.45, 7) is 0.230. The molecule has 0 aliphatic rings. The Morgan fingerprint density at radius 3 is 2.73 bits per heavy atom. The average Bonchev–Trinajstić information content (AvgIpc) is 2.67. The summed E-state index contributed by atoms with van der Waals surface area (Å²) in [4.78, 5) is 7.95. The zero-order valence-corrected chi connectivity index (χ0v) is 9.13. The van der Waals surface area contributed by atoms with Crippen LogP contribution in [0, 0.1) is 0 Å². The lowest BCUT2D eigenvalue weighted by atomic mass is 10.3. The predicted octanol–water partition coefficient (Wildman–Crippen LogP) is 1.67. The van der Waals surface area contributed by atoms with Gasteiger partial charge in [-0.1, -0.05) is 16.8 Å². The summed E-state index contributed by atoms with van der Waals surface area (Å²) in [7, 11) is 0. The lowest BCUT2D eigenvalue weighted by Crippen LogP contribution is -1.95. The molecule has 2 aromatic heterocycles. The first-order valence-electron chi connectivity index (χ1n) is 3.94. The van der Waals surface area contributed by atoms with Crippen LogP contribution in [0.4, 0.5) is 0 Å². The van der Waals surface area contributed by atoms with Gasteiger partial charge in [0, 0.05) is 11.8 Å². The van der Waals surface area contributed by atoms with Gasteiger partial charge in [-0.25, -0.2) is 4.98 Å². The van der Waals surface area contributed by atoms with E-state index >= 15 is 0 Å². The minimum atomic E-state index is 0. The van der Waals surface area contributed by atoms with Crippen molar-refractivity contribution in [1.29, 1.82) is 0 Å². The van der Waals surface area contributed by atoms with Crippen LogP contribution in [0.15, 0.2) is 22.9 Å². The first kappa shape index (κ1) is 11.9. The molecule has 0 unspecified atom stereocenters. The number of nitrogens with zero attached hydrogens (tertiary/aromatic N) is 3. The molecule has 0 saturated heterocycles. The highest BCUT2D eigenvalue weighted by Crippen LogP contribution is 2.15. The molecule has 0 aromatic carbocycles. The second-order valence-corrected chi connectivity index (χ2v) is 2.97. The lowest BCUT2D eigenvalue weighted by Gasteiger charge is -1.92. The minimum absolute atomic E-state index is 0. The maximum absolute atomic E-state index is 5.64. The molecule has 0 atom stereocenters. The molecule has 0 amide bonds. The van der Waals surface area contributed by atoms with Gasteiger partial charge < -0.3 is 10.3 Å². The van der Waals surface area contributed by atoms with E-state index in [2.05, 4.69) is 15.1 Å². The van der Waals surface area contributed by atoms with Gasteiger partial charge in [0.2, 0.25) is 11.7 Å². The van der Waals surface area contributed by atoms with Crippen LogP contribution < -0.4 is 5.73 Å². The van der Waals surface area contributed by atoms with Crippen molar-refractivity contribution in [2.24, 2.45) is 5.73 Å². The van der Waals surface area contributed by atoms with Crippen LogP contribution in [0.2, 0.25) is 5.15 Å². The van der Waals surface area contributed by atoms with E-state index in [1.807, 2.05) is 0 Å². The molecule has 0 aliphatic carbocycles. The van der Waals surface area contributed by atoms with Gasteiger partial charge in [-0.15, -0.1) is 12.4 Å². The summed E-state index contributed by atoms with van der Waals surface area (Å²) in [6.07, 6.45) is 1.58. The van der Waals surface area contributed by atoms with Gasteiger partial charge in [-0.05, 0) is 12.1 Å². The van der Waals surface area contributed by atoms with Crippen LogP contribution in [0.1, 0.15) is 5.89 Å². The molecule has 15 heavy (non-hydrogen) atoms. The molecule has 0 spiro atoms. The van der Waals surface area contributed by atoms with Crippen molar-refractivity contribution in [3.05, 3.63) is 29.4 Å². The lowest BCUT2D eigenvalue weighted by molar-refractivity contribution is 0.380. The molecular formula is C8H8Cl2N4O. The second kappa shape index (κ2) is 5.06. The molecule has 0 radical (unpaired) electrons. The van der Waals surface area contributed by atoms with Gasteiger partial charge >= 0.3 is 0 Å². The second-order valence-electron chi connectivity index (χ2n) is 2.59. The average molecular weight is 247 g/mol. The van der Waals surface area contributed by atoms with E-state index in [-0.39, 0.29) is 19.0 Å². The van der Waals surface area contributed by atoms with Gasteiger partial charge in [-0.2, -0.15) is 4.98 Å². The van der Waals surface area contributed by atoms with E-state index in [1.54, 1.807) is 18.3 Å². The molecule has 80 valence electrons. The molecule has 2 heterocycles. The molecule has 0 aliphatic heterocycles. The van der Waals surface area contributed by atoms with E-state index in [9.17, 15) is 0 Å². The number of pyridine rings is 1. The molecule has 5 nitrogen and oxygen atoms in total. The van der Waals surface area contributed by atoms with Gasteiger partial charge in [0.1, 0.15) is 5.15 Å². The highest BCUT2D eigenvalue weighted by Gasteiger charge is 2.06. The first-order chi connectivity index (χ1) is 6.79. The van der Waals surface area contributed by atoms with Gasteiger partial charge in [0.05, 0.1) is 6.54 Å². The van der Waals surface area contributed by atoms with Crippen molar-refractivity contribution in [2.45, 2.75) is 6.54 Å². The van der Waals surface area contributed by atoms with Crippen LogP contribution in [0.5, 0.6) is 0 Å². The largest absolute Gasteiger partial charge is 0.338 e. The third-order valence-electron chi connectivity index (χ3n) is 1.63. The van der Waals surface area contributed by atoms with E-state index in [0.29, 0.717) is 16.9 Å². The number of halogens is 2. The van der Waals surface area contributed by atoms with E-state index in [0.717, 1.165) is 5.56 Å². The van der Waals surface area contributed by atoms with E-state index < -0.39 is 0 Å². The Kier molecular flexibility index (Phi) is 4.02. The van der Waals surface area contributed by atoms with Gasteiger partial charge in [0.15, 0.2) is 0 Å². The van der Waals surface area contributed by atoms with Gasteiger partial charge in [-0.3, -0.25) is 0 Å². The van der Waals surface area contributed by atoms with E-state index in [4.69, 9.17) is 21.9 Å². The van der Waals surface area contributed by atoms with Crippen molar-refractivity contribution in [3.63, 3.8) is 0 Å². The fraction of sp³-hybridized carbons (Fsp3) is 0.125. The Morgan fingerprint density at radius 1 is 1.40 bits per heavy atom. The normalized spacial score (nSPS) is 9.73. The molecular weight excluding hydrogens is 239 g/mol. The fourth-order valence-electron chi connectivity index (χ4n) is 0.963. The Hall–Kier alpha value is -1.17. The number of hydrogen-bond donors (Lipinski definition) is 1. The third kappa shape index (κ3) is 2.65. The topological polar surface area (TPSA) is 77.8 Å². The standard InChI is InChI=1S/C8H7ClN4O.ClH/c9-6-2-1-5(4-11-6)8-12-7(3-10)14-13-8;/h1-2,4H,3,10H2;1H. The fourth-order valence-corrected chi connectivity index (χ4v) is 1.07. The molecule has 2 N–H and O–H groups in total. The summed E-state index contributed by atoms with van der Waals surface area (Å²) < 4.78 is 4.85. The van der Waals surface area contributed by atoms with Crippen LogP contribution in [0.25, 0.3) is 11.4 Å². The zero-order valence-electron chi connectivity index (χ0n) is 7.55. The summed E-state index contributed by atoms with van der Waals surface area (Å²) in [6, 6.07) is 3.43. The van der Waals surface area contributed by atoms with Crippen molar-refractivity contribution in [1.82, 2.24) is 15.1 Å². The summed E-state index contributed by atoms with van der Waals surface area (Å²) >= 11 is 5.64. The Balaban J connectivity index is 0.00000112. The molecule has 0 bridgehead atoms. The highest BCUT2D eigenvalue weighted by atomic mass is 35.5. The molecule has 2 rings (SSSR count). The van der Waals surface area contributed by atoms with Crippen LogP contribution in [0.3, 0.4) is 0 Å². The van der Waals surface area contributed by atoms with Crippen molar-refractivity contribution >= 4 is 24.0 Å². The minimum Gasteiger partial charge on any atom is -0.338 e. The highest BCUT2D eigenvalue weighted by molar-refractivity contribution is 6.29. The van der Waals surface area contributed by atoms with Crippen molar-refractivity contribution < 1.29 is 4.52 Å². The number of rotatable bonds is 2. The number of aromatic nitrogens is 3. The zero-order chi connectivity index (χ0) is 9.97. The van der Waals surface area contributed by atoms with Crippen molar-refractivity contribution in [2.75, 3.05) is 0 Å². The predicted molar refractivity (Wildman–Crippen MR) is 57.7 cm³/mol. The smallest absolute Gasteiger partial charge is 0.240 e. The quantitative estimate of drug-likeness (QED) is 0.816. The van der Waals surface area contributed by atoms with Gasteiger partial charge in [0.25, 0.3) is 0 Å².